The standard InChI is InChI=1S/C16H18F3NS/c1-2-8-20-14(15-7-4-9-21-15)11-12-5-3-6-13(10-12)16(17,18)19/h3-7,9-10,14,20H,2,8,11H2,1H3. The van der Waals surface area contributed by atoms with Gasteiger partial charge in [0.2, 0.25) is 0 Å². The van der Waals surface area contributed by atoms with E-state index in [-0.39, 0.29) is 6.04 Å². The maximum Gasteiger partial charge on any atom is 0.416 e. The van der Waals surface area contributed by atoms with E-state index < -0.39 is 11.7 Å². The monoisotopic (exact) mass is 313 g/mol. The van der Waals surface area contributed by atoms with Gasteiger partial charge in [0.1, 0.15) is 0 Å². The smallest absolute Gasteiger partial charge is 0.309 e. The van der Waals surface area contributed by atoms with Crippen LogP contribution in [0.3, 0.4) is 0 Å². The second-order valence-corrected chi connectivity index (χ2v) is 5.90. The Balaban J connectivity index is 2.17. The number of halogens is 3. The zero-order chi connectivity index (χ0) is 15.3. The first-order valence-corrected chi connectivity index (χ1v) is 7.81. The number of thiophene rings is 1. The summed E-state index contributed by atoms with van der Waals surface area (Å²) in [6.07, 6.45) is -2.74. The van der Waals surface area contributed by atoms with Gasteiger partial charge in [0.05, 0.1) is 5.56 Å². The van der Waals surface area contributed by atoms with Crippen molar-refractivity contribution in [1.29, 1.82) is 0 Å². The van der Waals surface area contributed by atoms with E-state index in [1.54, 1.807) is 17.4 Å². The minimum atomic E-state index is -4.29. The molecule has 1 unspecified atom stereocenters. The maximum atomic E-state index is 12.8. The van der Waals surface area contributed by atoms with E-state index in [0.717, 1.165) is 23.9 Å². The van der Waals surface area contributed by atoms with Gasteiger partial charge in [-0.15, -0.1) is 11.3 Å². The molecule has 0 saturated carbocycles. The Morgan fingerprint density at radius 2 is 2.00 bits per heavy atom. The molecule has 0 radical (unpaired) electrons. The van der Waals surface area contributed by atoms with Crippen molar-refractivity contribution in [2.75, 3.05) is 6.54 Å². The van der Waals surface area contributed by atoms with Gasteiger partial charge in [-0.2, -0.15) is 13.2 Å². The molecule has 1 aromatic heterocycles. The molecule has 0 fully saturated rings. The molecule has 1 nitrogen and oxygen atoms in total. The first-order chi connectivity index (χ1) is 10.0. The van der Waals surface area contributed by atoms with Crippen LogP contribution in [-0.2, 0) is 12.6 Å². The molecule has 0 aliphatic rings. The fourth-order valence-corrected chi connectivity index (χ4v) is 2.99. The molecule has 0 aliphatic carbocycles. The summed E-state index contributed by atoms with van der Waals surface area (Å²) < 4.78 is 38.3. The Morgan fingerprint density at radius 3 is 2.62 bits per heavy atom. The molecule has 2 aromatic rings. The molecule has 0 amide bonds. The summed E-state index contributed by atoms with van der Waals surface area (Å²) in [5.41, 5.74) is 0.118. The molecular weight excluding hydrogens is 295 g/mol. The van der Waals surface area contributed by atoms with E-state index in [1.807, 2.05) is 17.5 Å². The van der Waals surface area contributed by atoms with Gasteiger partial charge < -0.3 is 5.32 Å². The molecule has 1 aromatic carbocycles. The van der Waals surface area contributed by atoms with Gasteiger partial charge in [0, 0.05) is 10.9 Å². The second kappa shape index (κ2) is 7.09. The van der Waals surface area contributed by atoms with E-state index in [4.69, 9.17) is 0 Å². The van der Waals surface area contributed by atoms with Gasteiger partial charge in [-0.25, -0.2) is 0 Å². The average Bonchev–Trinajstić information content (AvgIpc) is 2.97. The van der Waals surface area contributed by atoms with Crippen molar-refractivity contribution in [3.05, 3.63) is 57.8 Å². The Morgan fingerprint density at radius 1 is 1.19 bits per heavy atom. The summed E-state index contributed by atoms with van der Waals surface area (Å²) in [6, 6.07) is 9.64. The summed E-state index contributed by atoms with van der Waals surface area (Å²) >= 11 is 1.63. The summed E-state index contributed by atoms with van der Waals surface area (Å²) in [5, 5.41) is 5.40. The lowest BCUT2D eigenvalue weighted by Gasteiger charge is -2.18. The third-order valence-corrected chi connectivity index (χ3v) is 4.21. The van der Waals surface area contributed by atoms with Crippen molar-refractivity contribution < 1.29 is 13.2 Å². The highest BCUT2D eigenvalue weighted by Gasteiger charge is 2.30. The average molecular weight is 313 g/mol. The molecule has 21 heavy (non-hydrogen) atoms. The minimum absolute atomic E-state index is 0.0634. The third kappa shape index (κ3) is 4.58. The number of benzene rings is 1. The predicted molar refractivity (Wildman–Crippen MR) is 80.5 cm³/mol. The highest BCUT2D eigenvalue weighted by Crippen LogP contribution is 2.31. The predicted octanol–water partition coefficient (Wildman–Crippen LogP) is 5.05. The SMILES string of the molecule is CCCNC(Cc1cccc(C(F)(F)F)c1)c1cccs1. The van der Waals surface area contributed by atoms with Gasteiger partial charge in [-0.3, -0.25) is 0 Å². The second-order valence-electron chi connectivity index (χ2n) is 4.92. The topological polar surface area (TPSA) is 12.0 Å². The van der Waals surface area contributed by atoms with Gasteiger partial charge in [-0.1, -0.05) is 31.2 Å². The molecule has 1 N–H and O–H groups in total. The summed E-state index contributed by atoms with van der Waals surface area (Å²) in [5.74, 6) is 0. The van der Waals surface area contributed by atoms with Crippen LogP contribution in [0.5, 0.6) is 0 Å². The lowest BCUT2D eigenvalue weighted by molar-refractivity contribution is -0.137. The van der Waals surface area contributed by atoms with Crippen LogP contribution in [0.1, 0.15) is 35.4 Å². The van der Waals surface area contributed by atoms with Crippen LogP contribution in [0, 0.1) is 0 Å². The summed E-state index contributed by atoms with van der Waals surface area (Å²) in [4.78, 5) is 1.15. The molecule has 0 aliphatic heterocycles. The first-order valence-electron chi connectivity index (χ1n) is 6.93. The van der Waals surface area contributed by atoms with Crippen LogP contribution in [0.4, 0.5) is 13.2 Å². The van der Waals surface area contributed by atoms with Gasteiger partial charge in [0.25, 0.3) is 0 Å². The Kier molecular flexibility index (Phi) is 5.42. The van der Waals surface area contributed by atoms with Crippen molar-refractivity contribution in [3.8, 4) is 0 Å². The number of hydrogen-bond donors (Lipinski definition) is 1. The number of rotatable bonds is 6. The van der Waals surface area contributed by atoms with E-state index in [9.17, 15) is 13.2 Å². The zero-order valence-corrected chi connectivity index (χ0v) is 12.6. The molecule has 1 atom stereocenters. The third-order valence-electron chi connectivity index (χ3n) is 3.22. The van der Waals surface area contributed by atoms with Gasteiger partial charge in [0.15, 0.2) is 0 Å². The molecule has 5 heteroatoms. The molecule has 114 valence electrons. The number of nitrogens with one attached hydrogen (secondary N) is 1. The van der Waals surface area contributed by atoms with Gasteiger partial charge >= 0.3 is 6.18 Å². The molecule has 0 spiro atoms. The number of hydrogen-bond acceptors (Lipinski definition) is 2. The molecule has 2 rings (SSSR count). The van der Waals surface area contributed by atoms with Crippen LogP contribution in [0.25, 0.3) is 0 Å². The van der Waals surface area contributed by atoms with Gasteiger partial charge in [-0.05, 0) is 42.5 Å². The number of alkyl halides is 3. The molecule has 1 heterocycles. The maximum absolute atomic E-state index is 12.8. The quantitative estimate of drug-likeness (QED) is 0.787. The highest BCUT2D eigenvalue weighted by molar-refractivity contribution is 7.10. The Labute approximate surface area is 126 Å². The van der Waals surface area contributed by atoms with Crippen molar-refractivity contribution in [2.45, 2.75) is 32.0 Å². The molecular formula is C16H18F3NS. The summed E-state index contributed by atoms with van der Waals surface area (Å²) in [7, 11) is 0. The van der Waals surface area contributed by atoms with E-state index in [1.165, 1.54) is 12.1 Å². The van der Waals surface area contributed by atoms with Crippen molar-refractivity contribution in [1.82, 2.24) is 5.32 Å². The normalized spacial score (nSPS) is 13.3. The van der Waals surface area contributed by atoms with Crippen LogP contribution in [0.15, 0.2) is 41.8 Å². The largest absolute Gasteiger partial charge is 0.416 e. The van der Waals surface area contributed by atoms with E-state index in [0.29, 0.717) is 12.0 Å². The van der Waals surface area contributed by atoms with E-state index >= 15 is 0 Å². The highest BCUT2D eigenvalue weighted by atomic mass is 32.1. The lowest BCUT2D eigenvalue weighted by atomic mass is 10.0. The zero-order valence-electron chi connectivity index (χ0n) is 11.8. The first kappa shape index (κ1) is 16.0. The van der Waals surface area contributed by atoms with E-state index in [2.05, 4.69) is 12.2 Å². The molecule has 0 bridgehead atoms. The van der Waals surface area contributed by atoms with Crippen LogP contribution < -0.4 is 5.32 Å². The fraction of sp³-hybridized carbons (Fsp3) is 0.375. The summed E-state index contributed by atoms with van der Waals surface area (Å²) in [6.45, 7) is 2.92. The Hall–Kier alpha value is -1.33. The van der Waals surface area contributed by atoms with Crippen molar-refractivity contribution >= 4 is 11.3 Å². The fourth-order valence-electron chi connectivity index (χ4n) is 2.19. The minimum Gasteiger partial charge on any atom is -0.309 e. The Bertz CT molecular complexity index is 549. The van der Waals surface area contributed by atoms with Crippen LogP contribution in [-0.4, -0.2) is 6.54 Å². The van der Waals surface area contributed by atoms with Crippen molar-refractivity contribution in [3.63, 3.8) is 0 Å². The van der Waals surface area contributed by atoms with Crippen LogP contribution in [0.2, 0.25) is 0 Å². The lowest BCUT2D eigenvalue weighted by Crippen LogP contribution is -2.23. The molecule has 0 saturated heterocycles. The van der Waals surface area contributed by atoms with Crippen LogP contribution >= 0.6 is 11.3 Å². The van der Waals surface area contributed by atoms with Crippen molar-refractivity contribution in [2.24, 2.45) is 0 Å².